The van der Waals surface area contributed by atoms with E-state index in [1.54, 1.807) is 32.9 Å². The molecule has 228 valence electrons. The number of pyridine rings is 1. The second-order valence-corrected chi connectivity index (χ2v) is 11.0. The quantitative estimate of drug-likeness (QED) is 0.180. The Morgan fingerprint density at radius 1 is 1.00 bits per heavy atom. The minimum absolute atomic E-state index is 0.0320. The molecule has 2 amide bonds. The van der Waals surface area contributed by atoms with Crippen LogP contribution in [0.25, 0.3) is 5.82 Å². The average molecular weight is 741 g/mol. The number of rotatable bonds is 7. The van der Waals surface area contributed by atoms with Crippen molar-refractivity contribution >= 4 is 51.7 Å². The molecule has 4 rings (SSSR count). The SMILES string of the molecule is Cc1cc(I)cc(C(=O)NC(C)C)c1NC(=O)c1cc(Cn2nc(C(F)(F)F)c(C(F)(F)F)n2)nn1-c1ncccc1Cl. The fourth-order valence-corrected chi connectivity index (χ4v) is 4.90. The molecule has 0 unspecified atom stereocenters. The monoisotopic (exact) mass is 740 g/mol. The molecule has 18 heteroatoms. The van der Waals surface area contributed by atoms with Crippen molar-refractivity contribution in [2.75, 3.05) is 5.32 Å². The van der Waals surface area contributed by atoms with Crippen LogP contribution in [-0.2, 0) is 18.9 Å². The van der Waals surface area contributed by atoms with Gasteiger partial charge in [-0.2, -0.15) is 36.2 Å². The molecule has 0 saturated heterocycles. The molecule has 0 radical (unpaired) electrons. The molecule has 10 nitrogen and oxygen atoms in total. The van der Waals surface area contributed by atoms with E-state index in [0.29, 0.717) is 5.56 Å². The number of benzene rings is 1. The van der Waals surface area contributed by atoms with Gasteiger partial charge < -0.3 is 10.6 Å². The van der Waals surface area contributed by atoms with E-state index in [1.807, 2.05) is 22.6 Å². The van der Waals surface area contributed by atoms with Crippen LogP contribution < -0.4 is 10.6 Å². The number of carbonyl (C=O) groups excluding carboxylic acids is 2. The molecular formula is C25H20ClF6IN8O2. The molecule has 4 aromatic rings. The zero-order valence-corrected chi connectivity index (χ0v) is 25.2. The molecule has 3 aromatic heterocycles. The van der Waals surface area contributed by atoms with Gasteiger partial charge in [0.2, 0.25) is 0 Å². The second-order valence-electron chi connectivity index (χ2n) is 9.39. The maximum Gasteiger partial charge on any atom is 0.437 e. The Bertz CT molecular complexity index is 1670. The molecule has 0 bridgehead atoms. The Hall–Kier alpha value is -3.74. The predicted octanol–water partition coefficient (Wildman–Crippen LogP) is 5.90. The predicted molar refractivity (Wildman–Crippen MR) is 150 cm³/mol. The lowest BCUT2D eigenvalue weighted by Crippen LogP contribution is -2.31. The van der Waals surface area contributed by atoms with Gasteiger partial charge in [0.15, 0.2) is 17.2 Å². The van der Waals surface area contributed by atoms with Gasteiger partial charge in [0, 0.05) is 15.8 Å². The molecule has 0 aliphatic rings. The normalized spacial score (nSPS) is 12.1. The van der Waals surface area contributed by atoms with Gasteiger partial charge in [0.1, 0.15) is 12.2 Å². The van der Waals surface area contributed by atoms with Gasteiger partial charge in [-0.15, -0.1) is 10.2 Å². The van der Waals surface area contributed by atoms with Crippen LogP contribution in [0.15, 0.2) is 36.5 Å². The van der Waals surface area contributed by atoms with E-state index in [0.717, 1.165) is 14.3 Å². The summed E-state index contributed by atoms with van der Waals surface area (Å²) in [6, 6.07) is 7.12. The summed E-state index contributed by atoms with van der Waals surface area (Å²) in [6.45, 7) is 4.42. The van der Waals surface area contributed by atoms with Crippen molar-refractivity contribution in [3.8, 4) is 5.82 Å². The molecule has 1 aromatic carbocycles. The first-order chi connectivity index (χ1) is 20.0. The maximum atomic E-state index is 13.6. The largest absolute Gasteiger partial charge is 0.437 e. The summed E-state index contributed by atoms with van der Waals surface area (Å²) >= 11 is 8.28. The topological polar surface area (TPSA) is 120 Å². The highest BCUT2D eigenvalue weighted by atomic mass is 127. The van der Waals surface area contributed by atoms with Gasteiger partial charge in [-0.05, 0) is 79.3 Å². The second kappa shape index (κ2) is 12.1. The lowest BCUT2D eigenvalue weighted by molar-refractivity contribution is -0.165. The van der Waals surface area contributed by atoms with Crippen LogP contribution in [0.1, 0.15) is 57.3 Å². The van der Waals surface area contributed by atoms with Crippen LogP contribution in [0.3, 0.4) is 0 Å². The summed E-state index contributed by atoms with van der Waals surface area (Å²) in [5, 5.41) is 15.6. The molecule has 0 aliphatic heterocycles. The highest BCUT2D eigenvalue weighted by Crippen LogP contribution is 2.38. The number of anilines is 1. The number of nitrogens with zero attached hydrogens (tertiary/aromatic N) is 6. The van der Waals surface area contributed by atoms with E-state index < -0.39 is 42.1 Å². The van der Waals surface area contributed by atoms with Crippen LogP contribution in [0.2, 0.25) is 5.02 Å². The third-order valence-corrected chi connectivity index (χ3v) is 6.55. The van der Waals surface area contributed by atoms with Crippen molar-refractivity contribution in [1.29, 1.82) is 0 Å². The van der Waals surface area contributed by atoms with Crippen molar-refractivity contribution in [2.24, 2.45) is 0 Å². The Labute approximate surface area is 257 Å². The Morgan fingerprint density at radius 3 is 2.19 bits per heavy atom. The molecule has 0 spiro atoms. The summed E-state index contributed by atoms with van der Waals surface area (Å²) in [5.74, 6) is -1.35. The zero-order valence-electron chi connectivity index (χ0n) is 22.3. The van der Waals surface area contributed by atoms with Crippen molar-refractivity contribution in [3.63, 3.8) is 0 Å². The van der Waals surface area contributed by atoms with E-state index in [9.17, 15) is 35.9 Å². The zero-order chi connectivity index (χ0) is 31.9. The number of nitrogens with one attached hydrogen (secondary N) is 2. The van der Waals surface area contributed by atoms with Crippen LogP contribution in [-0.4, -0.2) is 47.6 Å². The molecule has 2 N–H and O–H groups in total. The van der Waals surface area contributed by atoms with Crippen LogP contribution in [0.4, 0.5) is 32.0 Å². The fraction of sp³-hybridized carbons (Fsp3) is 0.280. The summed E-state index contributed by atoms with van der Waals surface area (Å²) in [7, 11) is 0. The number of halogens is 8. The Morgan fingerprint density at radius 2 is 1.63 bits per heavy atom. The Kier molecular flexibility index (Phi) is 9.05. The van der Waals surface area contributed by atoms with E-state index in [-0.39, 0.29) is 44.3 Å². The summed E-state index contributed by atoms with van der Waals surface area (Å²) < 4.78 is 81.2. The lowest BCUT2D eigenvalue weighted by atomic mass is 10.1. The van der Waals surface area contributed by atoms with Crippen molar-refractivity contribution in [2.45, 2.75) is 45.7 Å². The maximum absolute atomic E-state index is 13.6. The van der Waals surface area contributed by atoms with Crippen LogP contribution in [0, 0.1) is 10.5 Å². The number of alkyl halides is 6. The highest BCUT2D eigenvalue weighted by Gasteiger charge is 2.48. The third-order valence-electron chi connectivity index (χ3n) is 5.63. The number of hydrogen-bond acceptors (Lipinski definition) is 6. The number of carbonyl (C=O) groups is 2. The molecule has 0 fully saturated rings. The van der Waals surface area contributed by atoms with E-state index in [4.69, 9.17) is 11.6 Å². The molecule has 0 aliphatic carbocycles. The minimum Gasteiger partial charge on any atom is -0.350 e. The molecule has 0 atom stereocenters. The van der Waals surface area contributed by atoms with Gasteiger partial charge in [-0.1, -0.05) is 11.6 Å². The first-order valence-electron chi connectivity index (χ1n) is 12.2. The lowest BCUT2D eigenvalue weighted by Gasteiger charge is -2.16. The van der Waals surface area contributed by atoms with E-state index >= 15 is 0 Å². The fourth-order valence-electron chi connectivity index (χ4n) is 3.91. The molecule has 0 saturated carbocycles. The first kappa shape index (κ1) is 32.2. The van der Waals surface area contributed by atoms with E-state index in [2.05, 4.69) is 30.9 Å². The van der Waals surface area contributed by atoms with E-state index in [1.165, 1.54) is 18.3 Å². The van der Waals surface area contributed by atoms with Gasteiger partial charge in [-0.3, -0.25) is 9.59 Å². The standard InChI is InChI=1S/C25H20ClF6IN8O2/c1-11(2)35-22(42)15-8-13(33)7-12(3)18(15)36-23(43)17-9-14(37-41(17)21-16(26)5-4-6-34-21)10-40-38-19(24(27,28)29)20(39-40)25(30,31)32/h4-9,11H,10H2,1-3H3,(H,35,42)(H,36,43). The van der Waals surface area contributed by atoms with Gasteiger partial charge >= 0.3 is 12.4 Å². The number of amides is 2. The van der Waals surface area contributed by atoms with Gasteiger partial charge in [0.25, 0.3) is 11.8 Å². The van der Waals surface area contributed by atoms with Crippen molar-refractivity contribution in [1.82, 2.24) is 35.1 Å². The van der Waals surface area contributed by atoms with Crippen molar-refractivity contribution in [3.05, 3.63) is 79.0 Å². The first-order valence-corrected chi connectivity index (χ1v) is 13.6. The van der Waals surface area contributed by atoms with Gasteiger partial charge in [0.05, 0.1) is 22.0 Å². The molecule has 3 heterocycles. The number of aromatic nitrogens is 6. The summed E-state index contributed by atoms with van der Waals surface area (Å²) in [5.41, 5.74) is -4.00. The number of hydrogen-bond donors (Lipinski definition) is 2. The summed E-state index contributed by atoms with van der Waals surface area (Å²) in [6.07, 6.45) is -9.53. The molecule has 43 heavy (non-hydrogen) atoms. The van der Waals surface area contributed by atoms with Crippen LogP contribution in [0.5, 0.6) is 0 Å². The average Bonchev–Trinajstić information content (AvgIpc) is 3.50. The van der Waals surface area contributed by atoms with Gasteiger partial charge in [-0.25, -0.2) is 9.67 Å². The van der Waals surface area contributed by atoms with Crippen LogP contribution >= 0.6 is 34.2 Å². The van der Waals surface area contributed by atoms with Crippen molar-refractivity contribution < 1.29 is 35.9 Å². The summed E-state index contributed by atoms with van der Waals surface area (Å²) in [4.78, 5) is 30.8. The number of aryl methyl sites for hydroxylation is 1. The Balaban J connectivity index is 1.78. The molecular weight excluding hydrogens is 721 g/mol. The third kappa shape index (κ3) is 7.26. The smallest absolute Gasteiger partial charge is 0.350 e. The minimum atomic E-state index is -5.43. The highest BCUT2D eigenvalue weighted by molar-refractivity contribution is 14.1.